The first-order valence-electron chi connectivity index (χ1n) is 12.4. The maximum Gasteiger partial charge on any atom is 0.514 e. The third-order valence-electron chi connectivity index (χ3n) is 4.67. The fourth-order valence-electron chi connectivity index (χ4n) is 2.68. The molecule has 0 aliphatic heterocycles. The van der Waals surface area contributed by atoms with Crippen LogP contribution in [0.25, 0.3) is 0 Å². The predicted octanol–water partition coefficient (Wildman–Crippen LogP) is 4.70. The molecule has 0 amide bonds. The summed E-state index contributed by atoms with van der Waals surface area (Å²) in [6, 6.07) is 3.24. The monoisotopic (exact) mass is 539 g/mol. The zero-order chi connectivity index (χ0) is 29.4. The van der Waals surface area contributed by atoms with E-state index < -0.39 is 53.7 Å². The van der Waals surface area contributed by atoms with Gasteiger partial charge in [-0.05, 0) is 79.5 Å². The Bertz CT molecular complexity index is 991. The van der Waals surface area contributed by atoms with Crippen LogP contribution in [0.4, 0.5) is 9.59 Å². The summed E-state index contributed by atoms with van der Waals surface area (Å²) >= 11 is 0. The van der Waals surface area contributed by atoms with Gasteiger partial charge in [0.1, 0.15) is 29.5 Å². The number of nitrogens with two attached hydrogens (primary N) is 1. The van der Waals surface area contributed by atoms with Gasteiger partial charge in [0.2, 0.25) is 0 Å². The highest BCUT2D eigenvalue weighted by Crippen LogP contribution is 2.31. The van der Waals surface area contributed by atoms with E-state index in [0.29, 0.717) is 5.56 Å². The average Bonchev–Trinajstić information content (AvgIpc) is 2.72. The molecule has 1 aromatic carbocycles. The van der Waals surface area contributed by atoms with Crippen LogP contribution >= 0.6 is 0 Å². The average molecular weight is 540 g/mol. The van der Waals surface area contributed by atoms with Crippen molar-refractivity contribution in [3.63, 3.8) is 0 Å². The zero-order valence-corrected chi connectivity index (χ0v) is 23.9. The van der Waals surface area contributed by atoms with E-state index in [1.807, 2.05) is 0 Å². The summed E-state index contributed by atoms with van der Waals surface area (Å²) in [5, 5.41) is 0. The van der Waals surface area contributed by atoms with Gasteiger partial charge in [0, 0.05) is 0 Å². The molecular formula is C27H41NO10. The largest absolute Gasteiger partial charge is 0.514 e. The van der Waals surface area contributed by atoms with Gasteiger partial charge in [-0.2, -0.15) is 0 Å². The Kier molecular flexibility index (Phi) is 11.6. The lowest BCUT2D eigenvalue weighted by atomic mass is 10.1. The van der Waals surface area contributed by atoms with Gasteiger partial charge in [-0.15, -0.1) is 0 Å². The fraction of sp³-hybridized carbons (Fsp3) is 0.630. The Balaban J connectivity index is 3.02. The van der Waals surface area contributed by atoms with E-state index in [0.717, 1.165) is 0 Å². The van der Waals surface area contributed by atoms with Crippen molar-refractivity contribution < 1.29 is 47.6 Å². The molecule has 38 heavy (non-hydrogen) atoms. The van der Waals surface area contributed by atoms with Gasteiger partial charge in [-0.25, -0.2) is 9.59 Å². The molecule has 3 atom stereocenters. The summed E-state index contributed by atoms with van der Waals surface area (Å²) in [6.07, 6.45) is -3.42. The molecule has 0 aromatic heterocycles. The van der Waals surface area contributed by atoms with E-state index in [9.17, 15) is 19.2 Å². The molecule has 0 radical (unpaired) electrons. The SMILES string of the molecule is CC(C)C(=O)O[C@@H](C)[C@H](C)OC(=O)[C@@H](N)Cc1ccc(OC(=O)OC(C)(C)C)c(OC(=O)OC(C)(C)C)c1. The molecule has 0 saturated heterocycles. The topological polar surface area (TPSA) is 150 Å². The molecule has 1 aromatic rings. The quantitative estimate of drug-likeness (QED) is 0.264. The molecule has 0 bridgehead atoms. The standard InChI is InChI=1S/C27H41NO10/c1-15(2)22(29)33-16(3)17(4)34-23(30)19(28)13-18-11-12-20(35-24(31)37-26(5,6)7)21(14-18)36-25(32)38-27(8,9)10/h11-12,14-17,19H,13,28H2,1-10H3/t16-,17-,19-/m0/s1. The molecule has 0 heterocycles. The van der Waals surface area contributed by atoms with Crippen molar-refractivity contribution in [2.75, 3.05) is 0 Å². The number of hydrogen-bond acceptors (Lipinski definition) is 11. The van der Waals surface area contributed by atoms with Gasteiger partial charge < -0.3 is 34.2 Å². The van der Waals surface area contributed by atoms with E-state index in [1.54, 1.807) is 75.3 Å². The molecule has 0 aliphatic rings. The molecular weight excluding hydrogens is 498 g/mol. The number of rotatable bonds is 9. The van der Waals surface area contributed by atoms with Crippen molar-refractivity contribution in [1.29, 1.82) is 0 Å². The summed E-state index contributed by atoms with van der Waals surface area (Å²) in [4.78, 5) is 48.8. The van der Waals surface area contributed by atoms with E-state index in [2.05, 4.69) is 0 Å². The number of benzene rings is 1. The van der Waals surface area contributed by atoms with Crippen LogP contribution in [0.3, 0.4) is 0 Å². The van der Waals surface area contributed by atoms with Crippen LogP contribution in [-0.4, -0.2) is 53.7 Å². The van der Waals surface area contributed by atoms with E-state index in [4.69, 9.17) is 34.2 Å². The first kappa shape index (κ1) is 32.7. The molecule has 0 saturated carbocycles. The van der Waals surface area contributed by atoms with Crippen molar-refractivity contribution in [2.24, 2.45) is 11.7 Å². The Morgan fingerprint density at radius 3 is 1.63 bits per heavy atom. The Labute approximate surface area is 224 Å². The number of ether oxygens (including phenoxy) is 6. The predicted molar refractivity (Wildman–Crippen MR) is 138 cm³/mol. The first-order valence-corrected chi connectivity index (χ1v) is 12.4. The number of hydrogen-bond donors (Lipinski definition) is 1. The number of carbonyl (C=O) groups is 4. The van der Waals surface area contributed by atoms with Gasteiger partial charge in [0.25, 0.3) is 0 Å². The highest BCUT2D eigenvalue weighted by atomic mass is 16.8. The van der Waals surface area contributed by atoms with Crippen molar-refractivity contribution in [2.45, 2.75) is 105 Å². The zero-order valence-electron chi connectivity index (χ0n) is 23.9. The van der Waals surface area contributed by atoms with Gasteiger partial charge in [-0.1, -0.05) is 19.9 Å². The van der Waals surface area contributed by atoms with Crippen molar-refractivity contribution in [3.8, 4) is 11.5 Å². The van der Waals surface area contributed by atoms with Crippen LogP contribution in [0, 0.1) is 5.92 Å². The summed E-state index contributed by atoms with van der Waals surface area (Å²) in [7, 11) is 0. The van der Waals surface area contributed by atoms with Crippen LogP contribution in [0.15, 0.2) is 18.2 Å². The lowest BCUT2D eigenvalue weighted by Crippen LogP contribution is -2.39. The lowest BCUT2D eigenvalue weighted by molar-refractivity contribution is -0.168. The van der Waals surface area contributed by atoms with Gasteiger partial charge >= 0.3 is 24.2 Å². The van der Waals surface area contributed by atoms with Crippen molar-refractivity contribution >= 4 is 24.2 Å². The van der Waals surface area contributed by atoms with Crippen molar-refractivity contribution in [3.05, 3.63) is 23.8 Å². The molecule has 0 spiro atoms. The van der Waals surface area contributed by atoms with Gasteiger partial charge in [0.15, 0.2) is 11.5 Å². The fourth-order valence-corrected chi connectivity index (χ4v) is 2.68. The Morgan fingerprint density at radius 2 is 1.18 bits per heavy atom. The molecule has 2 N–H and O–H groups in total. The van der Waals surface area contributed by atoms with Crippen molar-refractivity contribution in [1.82, 2.24) is 0 Å². The number of esters is 2. The second kappa shape index (κ2) is 13.5. The summed E-state index contributed by atoms with van der Waals surface area (Å²) in [5.41, 5.74) is 4.90. The molecule has 214 valence electrons. The van der Waals surface area contributed by atoms with Crippen LogP contribution in [0.1, 0.15) is 74.8 Å². The highest BCUT2D eigenvalue weighted by Gasteiger charge is 2.27. The Hall–Kier alpha value is -3.34. The smallest absolute Gasteiger partial charge is 0.459 e. The summed E-state index contributed by atoms with van der Waals surface area (Å²) in [5.74, 6) is -1.67. The molecule has 1 rings (SSSR count). The van der Waals surface area contributed by atoms with Gasteiger partial charge in [0.05, 0.1) is 5.92 Å². The molecule has 0 fully saturated rings. The van der Waals surface area contributed by atoms with Crippen LogP contribution < -0.4 is 15.2 Å². The maximum absolute atomic E-state index is 12.6. The van der Waals surface area contributed by atoms with Crippen LogP contribution in [0.5, 0.6) is 11.5 Å². The van der Waals surface area contributed by atoms with E-state index >= 15 is 0 Å². The molecule has 11 nitrogen and oxygen atoms in total. The van der Waals surface area contributed by atoms with E-state index in [-0.39, 0.29) is 23.8 Å². The molecule has 0 unspecified atom stereocenters. The molecule has 11 heteroatoms. The minimum absolute atomic E-state index is 0.00309. The third-order valence-corrected chi connectivity index (χ3v) is 4.67. The number of carbonyl (C=O) groups excluding carboxylic acids is 4. The second-order valence-electron chi connectivity index (χ2n) is 11.2. The van der Waals surface area contributed by atoms with Crippen LogP contribution in [-0.2, 0) is 35.0 Å². The van der Waals surface area contributed by atoms with E-state index in [1.165, 1.54) is 12.1 Å². The summed E-state index contributed by atoms with van der Waals surface area (Å²) < 4.78 is 31.5. The first-order chi connectivity index (χ1) is 17.3. The summed E-state index contributed by atoms with van der Waals surface area (Å²) in [6.45, 7) is 16.6. The third kappa shape index (κ3) is 12.3. The highest BCUT2D eigenvalue weighted by molar-refractivity contribution is 5.76. The second-order valence-corrected chi connectivity index (χ2v) is 11.2. The molecule has 0 aliphatic carbocycles. The lowest BCUT2D eigenvalue weighted by Gasteiger charge is -2.23. The van der Waals surface area contributed by atoms with Gasteiger partial charge in [-0.3, -0.25) is 9.59 Å². The maximum atomic E-state index is 12.6. The minimum atomic E-state index is -1.09. The minimum Gasteiger partial charge on any atom is -0.459 e. The normalized spacial score (nSPS) is 14.1. The Morgan fingerprint density at radius 1 is 0.737 bits per heavy atom. The van der Waals surface area contributed by atoms with Crippen LogP contribution in [0.2, 0.25) is 0 Å².